The topological polar surface area (TPSA) is 3.24 Å². The van der Waals surface area contributed by atoms with Gasteiger partial charge in [0, 0.05) is 35.8 Å². The van der Waals surface area contributed by atoms with Crippen LogP contribution in [0.5, 0.6) is 0 Å². The van der Waals surface area contributed by atoms with Crippen LogP contribution in [0.4, 0.5) is 5.69 Å². The quantitative estimate of drug-likeness (QED) is 0.168. The standard InChI is InChI=1S/C36H31N.C15H14/c1-25(2)31-14-6-7-15-32(31)26-12-10-13-29(21-19-26)37(3)30-22-20-28-23-27-11-4-5-16-33(27)34-17-8-9-18-35(34)36(28)24-30;1-15(2)13-9-5-3-7-11(13)12-8-4-6-10-14(12)15/h4-9,11,14-22,24-25H,13,23H2,1-3H3;3-10H,1-2H3. The Hall–Kier alpha value is -5.84. The minimum absolute atomic E-state index is 0.160. The number of hydrogen-bond acceptors (Lipinski definition) is 1. The molecule has 0 saturated carbocycles. The molecule has 0 atom stereocenters. The highest BCUT2D eigenvalue weighted by atomic mass is 15.1. The fraction of sp³-hybridized carbons (Fsp3) is 0.176. The van der Waals surface area contributed by atoms with Gasteiger partial charge in [-0.2, -0.15) is 0 Å². The molecule has 1 heteroatoms. The summed E-state index contributed by atoms with van der Waals surface area (Å²) in [6.07, 6.45) is 6.09. The van der Waals surface area contributed by atoms with Crippen LogP contribution in [0.1, 0.15) is 73.4 Å². The first-order valence-corrected chi connectivity index (χ1v) is 18.5. The maximum absolute atomic E-state index is 3.44. The van der Waals surface area contributed by atoms with Crippen molar-refractivity contribution in [3.05, 3.63) is 191 Å². The third-order valence-electron chi connectivity index (χ3n) is 11.1. The van der Waals surface area contributed by atoms with Gasteiger partial charge in [-0.1, -0.05) is 167 Å². The SMILES string of the molecule is CC(C)c1ccccc1C1=CC=C(N(C)c2ccc3c(c2)-c2ccccc2-c2ccccc2C3)CC#C1.CC1(C)c2ccccc2-c2ccccc21. The highest BCUT2D eigenvalue weighted by molar-refractivity contribution is 5.90. The number of nitrogens with zero attached hydrogens (tertiary/aromatic N) is 1. The van der Waals surface area contributed by atoms with Gasteiger partial charge in [-0.05, 0) is 103 Å². The molecule has 3 aliphatic carbocycles. The molecular formula is C51H45N. The molecule has 6 aromatic carbocycles. The third kappa shape index (κ3) is 5.99. The lowest BCUT2D eigenvalue weighted by Crippen LogP contribution is -2.16. The van der Waals surface area contributed by atoms with Crippen molar-refractivity contribution in [2.75, 3.05) is 11.9 Å². The predicted octanol–water partition coefficient (Wildman–Crippen LogP) is 12.9. The van der Waals surface area contributed by atoms with Crippen LogP contribution in [-0.4, -0.2) is 7.05 Å². The van der Waals surface area contributed by atoms with Gasteiger partial charge in [-0.15, -0.1) is 0 Å². The first-order chi connectivity index (χ1) is 25.3. The summed E-state index contributed by atoms with van der Waals surface area (Å²) in [5, 5.41) is 0. The fourth-order valence-corrected chi connectivity index (χ4v) is 8.25. The Labute approximate surface area is 310 Å². The van der Waals surface area contributed by atoms with E-state index in [4.69, 9.17) is 0 Å². The van der Waals surface area contributed by atoms with Gasteiger partial charge in [-0.25, -0.2) is 0 Å². The highest BCUT2D eigenvalue weighted by Gasteiger charge is 2.34. The summed E-state index contributed by atoms with van der Waals surface area (Å²) in [6, 6.07) is 50.6. The molecule has 0 spiro atoms. The Balaban J connectivity index is 0.000000214. The lowest BCUT2D eigenvalue weighted by Gasteiger charge is -2.23. The van der Waals surface area contributed by atoms with Crippen LogP contribution in [-0.2, 0) is 11.8 Å². The van der Waals surface area contributed by atoms with E-state index in [2.05, 4.69) is 203 Å². The maximum atomic E-state index is 3.44. The van der Waals surface area contributed by atoms with Gasteiger partial charge in [0.1, 0.15) is 0 Å². The largest absolute Gasteiger partial charge is 0.347 e. The van der Waals surface area contributed by atoms with E-state index in [1.165, 1.54) is 78.1 Å². The molecule has 254 valence electrons. The minimum atomic E-state index is 0.160. The van der Waals surface area contributed by atoms with Gasteiger partial charge in [0.2, 0.25) is 0 Å². The summed E-state index contributed by atoms with van der Waals surface area (Å²) in [6.45, 7) is 9.09. The lowest BCUT2D eigenvalue weighted by molar-refractivity contribution is 0.660. The van der Waals surface area contributed by atoms with Gasteiger partial charge in [-0.3, -0.25) is 0 Å². The Morgan fingerprint density at radius 3 is 1.77 bits per heavy atom. The molecule has 0 radical (unpaired) electrons. The first-order valence-electron chi connectivity index (χ1n) is 18.5. The molecular weight excluding hydrogens is 627 g/mol. The van der Waals surface area contributed by atoms with Gasteiger partial charge in [0.05, 0.1) is 0 Å². The van der Waals surface area contributed by atoms with E-state index < -0.39 is 0 Å². The molecule has 0 saturated heterocycles. The Morgan fingerprint density at radius 1 is 0.558 bits per heavy atom. The molecule has 52 heavy (non-hydrogen) atoms. The molecule has 1 nitrogen and oxygen atoms in total. The van der Waals surface area contributed by atoms with Gasteiger partial charge < -0.3 is 4.90 Å². The van der Waals surface area contributed by atoms with Crippen LogP contribution in [0.3, 0.4) is 0 Å². The van der Waals surface area contributed by atoms with Crippen molar-refractivity contribution in [2.45, 2.75) is 51.9 Å². The zero-order valence-electron chi connectivity index (χ0n) is 30.9. The van der Waals surface area contributed by atoms with Crippen molar-refractivity contribution in [3.8, 4) is 45.2 Å². The molecule has 0 bridgehead atoms. The summed E-state index contributed by atoms with van der Waals surface area (Å²) in [5.74, 6) is 7.34. The normalized spacial score (nSPS) is 14.3. The van der Waals surface area contributed by atoms with E-state index in [-0.39, 0.29) is 5.41 Å². The van der Waals surface area contributed by atoms with Crippen molar-refractivity contribution in [3.63, 3.8) is 0 Å². The van der Waals surface area contributed by atoms with Crippen molar-refractivity contribution < 1.29 is 0 Å². The number of allylic oxidation sites excluding steroid dienone is 4. The van der Waals surface area contributed by atoms with Crippen LogP contribution >= 0.6 is 0 Å². The predicted molar refractivity (Wildman–Crippen MR) is 222 cm³/mol. The number of hydrogen-bond donors (Lipinski definition) is 0. The molecule has 0 aliphatic heterocycles. The zero-order chi connectivity index (χ0) is 35.8. The van der Waals surface area contributed by atoms with E-state index in [1.54, 1.807) is 0 Å². The molecule has 0 heterocycles. The number of rotatable bonds is 4. The van der Waals surface area contributed by atoms with Crippen LogP contribution in [0.25, 0.3) is 39.0 Å². The average molecular weight is 672 g/mol. The molecule has 3 aliphatic rings. The van der Waals surface area contributed by atoms with Crippen molar-refractivity contribution in [2.24, 2.45) is 0 Å². The average Bonchev–Trinajstić information content (AvgIpc) is 3.36. The van der Waals surface area contributed by atoms with Crippen LogP contribution < -0.4 is 4.90 Å². The molecule has 9 rings (SSSR count). The highest BCUT2D eigenvalue weighted by Crippen LogP contribution is 2.48. The summed E-state index contributed by atoms with van der Waals surface area (Å²) >= 11 is 0. The van der Waals surface area contributed by atoms with Crippen LogP contribution in [0, 0.1) is 11.8 Å². The number of anilines is 1. The Morgan fingerprint density at radius 2 is 1.10 bits per heavy atom. The molecule has 0 fully saturated rings. The van der Waals surface area contributed by atoms with Crippen LogP contribution in [0.15, 0.2) is 157 Å². The fourth-order valence-electron chi connectivity index (χ4n) is 8.25. The van der Waals surface area contributed by atoms with E-state index >= 15 is 0 Å². The maximum Gasteiger partial charge on any atom is 0.0497 e. The zero-order valence-corrected chi connectivity index (χ0v) is 30.9. The van der Waals surface area contributed by atoms with Gasteiger partial charge >= 0.3 is 0 Å². The second-order valence-electron chi connectivity index (χ2n) is 15.0. The molecule has 0 N–H and O–H groups in total. The monoisotopic (exact) mass is 671 g/mol. The van der Waals surface area contributed by atoms with E-state index in [0.717, 1.165) is 18.4 Å². The second kappa shape index (κ2) is 13.7. The molecule has 0 amide bonds. The summed E-state index contributed by atoms with van der Waals surface area (Å²) in [7, 11) is 2.16. The molecule has 0 aromatic heterocycles. The Kier molecular flexibility index (Phi) is 8.78. The third-order valence-corrected chi connectivity index (χ3v) is 11.1. The van der Waals surface area contributed by atoms with Gasteiger partial charge in [0.15, 0.2) is 0 Å². The van der Waals surface area contributed by atoms with E-state index in [0.29, 0.717) is 5.92 Å². The summed E-state index contributed by atoms with van der Waals surface area (Å²) in [4.78, 5) is 2.30. The first kappa shape index (κ1) is 33.3. The number of fused-ring (bicyclic) bond motifs is 8. The second-order valence-corrected chi connectivity index (χ2v) is 15.0. The summed E-state index contributed by atoms with van der Waals surface area (Å²) in [5.41, 5.74) is 20.0. The molecule has 0 unspecified atom stereocenters. The lowest BCUT2D eigenvalue weighted by atomic mass is 9.82. The van der Waals surface area contributed by atoms with E-state index in [9.17, 15) is 0 Å². The van der Waals surface area contributed by atoms with Gasteiger partial charge in [0.25, 0.3) is 0 Å². The van der Waals surface area contributed by atoms with Crippen molar-refractivity contribution in [1.29, 1.82) is 0 Å². The number of benzene rings is 6. The molecule has 6 aromatic rings. The smallest absolute Gasteiger partial charge is 0.0497 e. The Bertz CT molecular complexity index is 2390. The van der Waals surface area contributed by atoms with Crippen molar-refractivity contribution in [1.82, 2.24) is 0 Å². The van der Waals surface area contributed by atoms with E-state index in [1.807, 2.05) is 0 Å². The van der Waals surface area contributed by atoms with Crippen molar-refractivity contribution >= 4 is 11.3 Å². The minimum Gasteiger partial charge on any atom is -0.347 e. The summed E-state index contributed by atoms with van der Waals surface area (Å²) < 4.78 is 0. The van der Waals surface area contributed by atoms with Crippen LogP contribution in [0.2, 0.25) is 0 Å².